The van der Waals surface area contributed by atoms with Gasteiger partial charge in [-0.25, -0.2) is 14.4 Å². The van der Waals surface area contributed by atoms with E-state index in [1.807, 2.05) is 39.0 Å². The van der Waals surface area contributed by atoms with Crippen molar-refractivity contribution in [2.75, 3.05) is 0 Å². The monoisotopic (exact) mass is 1280 g/mol. The molecule has 0 unspecified atom stereocenters. The second-order valence-corrected chi connectivity index (χ2v) is 25.4. The van der Waals surface area contributed by atoms with Crippen LogP contribution in [0.3, 0.4) is 0 Å². The predicted octanol–water partition coefficient (Wildman–Crippen LogP) is 23.2. The standard InChI is InChI=1S/2C28H40O4.C25H36O4/c2*1-3-4-5-6-7-8-9-10-11-12-13-14-15-16-17-18-27(29)31-24-19-20-25-23(2)21-28(30)32-26(25)22-24;1-3-4-5-6-7-8-9-10-11-12-13-14-15-24(26)28-21-16-17-22-20(2)18-25(27)29-23(22)19-21/h2*10-11,19-22H,3-9,12-18H2,1-2H3;16-19H,3-15H2,1-2H3/b11-10+;11-10-;. The molecule has 0 aliphatic rings. The average molecular weight is 1280 g/mol. The maximum atomic E-state index is 12.1. The van der Waals surface area contributed by atoms with Crippen LogP contribution in [0.25, 0.3) is 32.9 Å². The summed E-state index contributed by atoms with van der Waals surface area (Å²) in [4.78, 5) is 70.8. The minimum Gasteiger partial charge on any atom is -0.426 e. The zero-order chi connectivity index (χ0) is 66.9. The van der Waals surface area contributed by atoms with Gasteiger partial charge in [0.1, 0.15) is 34.0 Å². The van der Waals surface area contributed by atoms with Crippen LogP contribution in [0.5, 0.6) is 17.2 Å². The van der Waals surface area contributed by atoms with Gasteiger partial charge in [-0.05, 0) is 144 Å². The van der Waals surface area contributed by atoms with Gasteiger partial charge in [0.05, 0.1) is 0 Å². The zero-order valence-electron chi connectivity index (χ0n) is 58.1. The number of carbonyl (C=O) groups is 3. The van der Waals surface area contributed by atoms with E-state index < -0.39 is 16.9 Å². The van der Waals surface area contributed by atoms with Gasteiger partial charge in [-0.3, -0.25) is 14.4 Å². The molecule has 0 aliphatic carbocycles. The minimum atomic E-state index is -0.397. The third-order valence-electron chi connectivity index (χ3n) is 17.0. The molecule has 0 spiro atoms. The molecule has 0 aliphatic heterocycles. The highest BCUT2D eigenvalue weighted by Crippen LogP contribution is 2.26. The largest absolute Gasteiger partial charge is 0.426 e. The lowest BCUT2D eigenvalue weighted by Gasteiger charge is -2.06. The number of fused-ring (bicyclic) bond motifs is 3. The van der Waals surface area contributed by atoms with E-state index in [2.05, 4.69) is 45.1 Å². The molecule has 0 fully saturated rings. The van der Waals surface area contributed by atoms with E-state index >= 15 is 0 Å². The van der Waals surface area contributed by atoms with Gasteiger partial charge in [-0.2, -0.15) is 0 Å². The molecule has 0 saturated heterocycles. The Morgan fingerprint density at radius 3 is 0.753 bits per heavy atom. The lowest BCUT2D eigenvalue weighted by molar-refractivity contribution is -0.135. The number of carbonyl (C=O) groups excluding carboxylic acids is 3. The third-order valence-corrected chi connectivity index (χ3v) is 17.0. The minimum absolute atomic E-state index is 0.230. The molecule has 0 atom stereocenters. The van der Waals surface area contributed by atoms with E-state index in [1.54, 1.807) is 36.4 Å². The second-order valence-electron chi connectivity index (χ2n) is 25.4. The van der Waals surface area contributed by atoms with Crippen molar-refractivity contribution in [2.24, 2.45) is 0 Å². The molecule has 3 aromatic carbocycles. The molecule has 3 aromatic heterocycles. The lowest BCUT2D eigenvalue weighted by Crippen LogP contribution is -2.07. The fraction of sp³-hybridized carbons (Fsp3) is 0.580. The van der Waals surface area contributed by atoms with Crippen LogP contribution in [0, 0.1) is 20.8 Å². The summed E-state index contributed by atoms with van der Waals surface area (Å²) < 4.78 is 31.8. The summed E-state index contributed by atoms with van der Waals surface area (Å²) in [5.74, 6) is 0.559. The summed E-state index contributed by atoms with van der Waals surface area (Å²) in [5.41, 5.74) is 2.71. The van der Waals surface area contributed by atoms with E-state index in [0.29, 0.717) is 53.3 Å². The van der Waals surface area contributed by atoms with E-state index in [1.165, 1.54) is 198 Å². The van der Waals surface area contributed by atoms with Crippen molar-refractivity contribution in [1.29, 1.82) is 0 Å². The molecule has 0 N–H and O–H groups in total. The number of aryl methyl sites for hydroxylation is 3. The molecule has 512 valence electrons. The molecule has 6 aromatic rings. The first kappa shape index (κ1) is 78.6. The molecule has 12 heteroatoms. The van der Waals surface area contributed by atoms with Crippen molar-refractivity contribution >= 4 is 50.8 Å². The van der Waals surface area contributed by atoms with Crippen molar-refractivity contribution in [2.45, 2.75) is 305 Å². The van der Waals surface area contributed by atoms with Crippen molar-refractivity contribution < 1.29 is 41.8 Å². The molecule has 0 saturated carbocycles. The maximum absolute atomic E-state index is 12.1. The first-order valence-corrected chi connectivity index (χ1v) is 36.4. The highest BCUT2D eigenvalue weighted by molar-refractivity contribution is 5.84. The fourth-order valence-electron chi connectivity index (χ4n) is 11.4. The number of hydrogen-bond acceptors (Lipinski definition) is 12. The normalized spacial score (nSPS) is 11.3. The van der Waals surface area contributed by atoms with E-state index in [4.69, 9.17) is 27.5 Å². The number of benzene rings is 3. The smallest absolute Gasteiger partial charge is 0.336 e. The van der Waals surface area contributed by atoms with E-state index in [0.717, 1.165) is 97.1 Å². The quantitative estimate of drug-likeness (QED) is 0.0117. The van der Waals surface area contributed by atoms with Gasteiger partial charge in [0.25, 0.3) is 0 Å². The van der Waals surface area contributed by atoms with Crippen molar-refractivity contribution in [3.63, 3.8) is 0 Å². The summed E-state index contributed by atoms with van der Waals surface area (Å²) in [5, 5.41) is 2.55. The molecule has 12 nitrogen and oxygen atoms in total. The fourth-order valence-corrected chi connectivity index (χ4v) is 11.4. The predicted molar refractivity (Wildman–Crippen MR) is 383 cm³/mol. The Morgan fingerprint density at radius 2 is 0.516 bits per heavy atom. The number of rotatable bonds is 46. The summed E-state index contributed by atoms with van der Waals surface area (Å²) in [7, 11) is 0. The Bertz CT molecular complexity index is 3130. The van der Waals surface area contributed by atoms with Gasteiger partial charge >= 0.3 is 34.8 Å². The molecule has 3 heterocycles. The summed E-state index contributed by atoms with van der Waals surface area (Å²) in [6.07, 6.45) is 57.8. The van der Waals surface area contributed by atoms with Crippen LogP contribution in [-0.4, -0.2) is 17.9 Å². The SMILES string of the molecule is CCCCCCCC/C=C/CCCCCCCC(=O)Oc1ccc2c(C)cc(=O)oc2c1.CCCCCCCC/C=C\CCCCCCCC(=O)Oc1ccc2c(C)cc(=O)oc2c1.CCCCCCCCCCCCCCC(=O)Oc1ccc2c(C)cc(=O)oc2c1. The van der Waals surface area contributed by atoms with Crippen LogP contribution in [0.4, 0.5) is 0 Å². The molecule has 0 radical (unpaired) electrons. The molecular weight excluding hydrogens is 1160 g/mol. The van der Waals surface area contributed by atoms with Crippen molar-refractivity contribution in [1.82, 2.24) is 0 Å². The van der Waals surface area contributed by atoms with Crippen LogP contribution < -0.4 is 31.1 Å². The highest BCUT2D eigenvalue weighted by atomic mass is 16.5. The van der Waals surface area contributed by atoms with Gasteiger partial charge in [0.2, 0.25) is 0 Å². The number of hydrogen-bond donors (Lipinski definition) is 0. The topological polar surface area (TPSA) is 170 Å². The van der Waals surface area contributed by atoms with Crippen LogP contribution in [0.1, 0.15) is 301 Å². The maximum Gasteiger partial charge on any atom is 0.336 e. The number of allylic oxidation sites excluding steroid dienone is 4. The van der Waals surface area contributed by atoms with Gasteiger partial charge in [-0.1, -0.05) is 218 Å². The lowest BCUT2D eigenvalue weighted by atomic mass is 10.0. The van der Waals surface area contributed by atoms with Crippen molar-refractivity contribution in [3.8, 4) is 17.2 Å². The number of unbranched alkanes of at least 4 members (excludes halogenated alkanes) is 33. The average Bonchev–Trinajstić information content (AvgIpc) is 0.944. The summed E-state index contributed by atoms with van der Waals surface area (Å²) in [6.45, 7) is 12.3. The van der Waals surface area contributed by atoms with Crippen LogP contribution in [-0.2, 0) is 14.4 Å². The molecular formula is C81H116O12. The number of esters is 3. The Kier molecular flexibility index (Phi) is 42.0. The Morgan fingerprint density at radius 1 is 0.301 bits per heavy atom. The van der Waals surface area contributed by atoms with E-state index in [9.17, 15) is 28.8 Å². The van der Waals surface area contributed by atoms with Crippen LogP contribution >= 0.6 is 0 Å². The van der Waals surface area contributed by atoms with Crippen LogP contribution in [0.2, 0.25) is 0 Å². The second kappa shape index (κ2) is 49.7. The Balaban J connectivity index is 0.000000298. The third kappa shape index (κ3) is 35.9. The van der Waals surface area contributed by atoms with Gasteiger partial charge in [0, 0.05) is 71.8 Å². The Hall–Kier alpha value is -6.82. The first-order valence-electron chi connectivity index (χ1n) is 36.4. The Labute approximate surface area is 557 Å². The number of ether oxygens (including phenoxy) is 3. The zero-order valence-corrected chi connectivity index (χ0v) is 58.1. The van der Waals surface area contributed by atoms with E-state index in [-0.39, 0.29) is 17.9 Å². The van der Waals surface area contributed by atoms with Crippen molar-refractivity contribution in [3.05, 3.63) is 145 Å². The van der Waals surface area contributed by atoms with Gasteiger partial charge < -0.3 is 27.5 Å². The van der Waals surface area contributed by atoms with Gasteiger partial charge in [-0.15, -0.1) is 0 Å². The molecule has 0 amide bonds. The van der Waals surface area contributed by atoms with Crippen LogP contribution in [0.15, 0.2) is 125 Å². The van der Waals surface area contributed by atoms with Gasteiger partial charge in [0.15, 0.2) is 0 Å². The molecule has 0 bridgehead atoms. The molecule has 93 heavy (non-hydrogen) atoms. The first-order chi connectivity index (χ1) is 45.3. The highest BCUT2D eigenvalue weighted by Gasteiger charge is 2.12. The summed E-state index contributed by atoms with van der Waals surface area (Å²) in [6, 6.07) is 19.9. The molecule has 6 rings (SSSR count). The summed E-state index contributed by atoms with van der Waals surface area (Å²) >= 11 is 0.